The molecule has 0 N–H and O–H groups in total. The maximum atomic E-state index is 13.5. The normalized spacial score (nSPS) is 13.8. The van der Waals surface area contributed by atoms with E-state index < -0.39 is 0 Å². The van der Waals surface area contributed by atoms with E-state index in [1.165, 1.54) is 16.2 Å². The summed E-state index contributed by atoms with van der Waals surface area (Å²) in [4.78, 5) is 47.3. The predicted molar refractivity (Wildman–Crippen MR) is 134 cm³/mol. The van der Waals surface area contributed by atoms with Gasteiger partial charge in [-0.1, -0.05) is 11.3 Å². The minimum Gasteiger partial charge on any atom is -0.494 e. The van der Waals surface area contributed by atoms with Crippen LogP contribution in [-0.2, 0) is 9.59 Å². The average Bonchev–Trinajstić information content (AvgIpc) is 3.38. The summed E-state index contributed by atoms with van der Waals surface area (Å²) in [5.74, 6) is 0.177. The number of rotatable bonds is 9. The number of fused-ring (bicyclic) bond motifs is 1. The number of aromatic nitrogens is 1. The van der Waals surface area contributed by atoms with E-state index in [2.05, 4.69) is 4.90 Å². The zero-order chi connectivity index (χ0) is 24.2. The molecule has 2 heterocycles. The van der Waals surface area contributed by atoms with Gasteiger partial charge < -0.3 is 9.64 Å². The largest absolute Gasteiger partial charge is 0.494 e. The van der Waals surface area contributed by atoms with Crippen LogP contribution in [0.25, 0.3) is 10.2 Å². The summed E-state index contributed by atoms with van der Waals surface area (Å²) in [6.45, 7) is 3.87. The van der Waals surface area contributed by atoms with Gasteiger partial charge in [0.2, 0.25) is 11.8 Å². The fourth-order valence-corrected chi connectivity index (χ4v) is 4.89. The number of imide groups is 1. The molecule has 1 aliphatic heterocycles. The number of thiazole rings is 1. The molecule has 0 saturated carbocycles. The van der Waals surface area contributed by atoms with Gasteiger partial charge >= 0.3 is 0 Å². The van der Waals surface area contributed by atoms with Gasteiger partial charge in [-0.3, -0.25) is 24.2 Å². The quantitative estimate of drug-likeness (QED) is 0.432. The standard InChI is InChI=1S/C25H28N4O4S/c1-4-33-19-10-11-20-21(16-19)34-25(26-20)28(15-5-14-27(2)3)24(32)17-6-8-18(9-7-17)29-22(30)12-13-23(29)31/h6-11,16H,4-5,12-15H2,1-3H3. The van der Waals surface area contributed by atoms with E-state index in [1.54, 1.807) is 29.2 Å². The van der Waals surface area contributed by atoms with Crippen molar-refractivity contribution < 1.29 is 19.1 Å². The van der Waals surface area contributed by atoms with Gasteiger partial charge in [0.25, 0.3) is 5.91 Å². The van der Waals surface area contributed by atoms with Gasteiger partial charge in [-0.2, -0.15) is 0 Å². The van der Waals surface area contributed by atoms with Gasteiger partial charge in [0.05, 0.1) is 22.5 Å². The number of hydrogen-bond donors (Lipinski definition) is 0. The van der Waals surface area contributed by atoms with Crippen molar-refractivity contribution in [3.63, 3.8) is 0 Å². The Kier molecular flexibility index (Phi) is 7.23. The Hall–Kier alpha value is -3.30. The van der Waals surface area contributed by atoms with Crippen molar-refractivity contribution >= 4 is 50.1 Å². The highest BCUT2D eigenvalue weighted by Crippen LogP contribution is 2.33. The third kappa shape index (κ3) is 5.10. The van der Waals surface area contributed by atoms with Crippen molar-refractivity contribution in [3.05, 3.63) is 48.0 Å². The van der Waals surface area contributed by atoms with E-state index in [9.17, 15) is 14.4 Å². The fourth-order valence-electron chi connectivity index (χ4n) is 3.87. The van der Waals surface area contributed by atoms with E-state index in [1.807, 2.05) is 39.2 Å². The molecule has 1 fully saturated rings. The number of anilines is 2. The van der Waals surface area contributed by atoms with Crippen LogP contribution in [0.3, 0.4) is 0 Å². The van der Waals surface area contributed by atoms with Crippen LogP contribution < -0.4 is 14.5 Å². The summed E-state index contributed by atoms with van der Waals surface area (Å²) in [7, 11) is 4.00. The molecule has 9 heteroatoms. The fraction of sp³-hybridized carbons (Fsp3) is 0.360. The van der Waals surface area contributed by atoms with Crippen molar-refractivity contribution in [1.29, 1.82) is 0 Å². The molecule has 0 radical (unpaired) electrons. The summed E-state index contributed by atoms with van der Waals surface area (Å²) in [5, 5.41) is 0.626. The molecule has 178 valence electrons. The maximum Gasteiger partial charge on any atom is 0.260 e. The molecule has 0 bridgehead atoms. The van der Waals surface area contributed by atoms with Gasteiger partial charge in [-0.25, -0.2) is 4.98 Å². The predicted octanol–water partition coefficient (Wildman–Crippen LogP) is 3.95. The zero-order valence-corrected chi connectivity index (χ0v) is 20.4. The maximum absolute atomic E-state index is 13.5. The SMILES string of the molecule is CCOc1ccc2nc(N(CCCN(C)C)C(=O)c3ccc(N4C(=O)CCC4=O)cc3)sc2c1. The third-order valence-corrected chi connectivity index (χ3v) is 6.59. The molecule has 0 spiro atoms. The Morgan fingerprint density at radius 1 is 1.06 bits per heavy atom. The second-order valence-electron chi connectivity index (χ2n) is 8.34. The van der Waals surface area contributed by atoms with Crippen molar-refractivity contribution in [2.75, 3.05) is 43.6 Å². The summed E-state index contributed by atoms with van der Waals surface area (Å²) >= 11 is 1.45. The second kappa shape index (κ2) is 10.3. The van der Waals surface area contributed by atoms with Gasteiger partial charge in [0, 0.05) is 24.9 Å². The number of benzene rings is 2. The summed E-state index contributed by atoms with van der Waals surface area (Å²) < 4.78 is 6.55. The molecule has 1 saturated heterocycles. The van der Waals surface area contributed by atoms with Gasteiger partial charge in [-0.15, -0.1) is 0 Å². The number of nitrogens with zero attached hydrogens (tertiary/aromatic N) is 4. The van der Waals surface area contributed by atoms with E-state index in [0.717, 1.165) is 28.9 Å². The van der Waals surface area contributed by atoms with Crippen molar-refractivity contribution in [1.82, 2.24) is 9.88 Å². The molecule has 3 amide bonds. The number of hydrogen-bond acceptors (Lipinski definition) is 7. The molecule has 0 unspecified atom stereocenters. The number of carbonyl (C=O) groups is 3. The minimum absolute atomic E-state index is 0.173. The van der Waals surface area contributed by atoms with E-state index >= 15 is 0 Å². The number of amides is 3. The van der Waals surface area contributed by atoms with Crippen molar-refractivity contribution in [2.45, 2.75) is 26.2 Å². The first-order chi connectivity index (χ1) is 16.4. The summed E-state index contributed by atoms with van der Waals surface area (Å²) in [6.07, 6.45) is 1.23. The first-order valence-corrected chi connectivity index (χ1v) is 12.1. The lowest BCUT2D eigenvalue weighted by Gasteiger charge is -2.21. The van der Waals surface area contributed by atoms with Crippen molar-refractivity contribution in [2.24, 2.45) is 0 Å². The van der Waals surface area contributed by atoms with Crippen LogP contribution in [0.1, 0.15) is 36.5 Å². The molecule has 1 aromatic heterocycles. The van der Waals surface area contributed by atoms with Crippen LogP contribution in [0, 0.1) is 0 Å². The molecule has 0 atom stereocenters. The summed E-state index contributed by atoms with van der Waals surface area (Å²) in [6, 6.07) is 12.4. The van der Waals surface area contributed by atoms with Crippen LogP contribution in [0.5, 0.6) is 5.75 Å². The molecule has 8 nitrogen and oxygen atoms in total. The monoisotopic (exact) mass is 480 g/mol. The Balaban J connectivity index is 1.61. The lowest BCUT2D eigenvalue weighted by Crippen LogP contribution is -2.33. The highest BCUT2D eigenvalue weighted by Gasteiger charge is 2.30. The van der Waals surface area contributed by atoms with E-state index in [0.29, 0.717) is 29.5 Å². The molecule has 1 aliphatic rings. The van der Waals surface area contributed by atoms with E-state index in [4.69, 9.17) is 9.72 Å². The second-order valence-corrected chi connectivity index (χ2v) is 9.35. The first kappa shape index (κ1) is 23.8. The lowest BCUT2D eigenvalue weighted by molar-refractivity contribution is -0.121. The molecule has 34 heavy (non-hydrogen) atoms. The molecule has 0 aliphatic carbocycles. The number of carbonyl (C=O) groups excluding carboxylic acids is 3. The van der Waals surface area contributed by atoms with Crippen LogP contribution in [-0.4, -0.2) is 61.4 Å². The summed E-state index contributed by atoms with van der Waals surface area (Å²) in [5.41, 5.74) is 1.78. The minimum atomic E-state index is -0.213. The van der Waals surface area contributed by atoms with Crippen molar-refractivity contribution in [3.8, 4) is 5.75 Å². The highest BCUT2D eigenvalue weighted by molar-refractivity contribution is 7.22. The molecular formula is C25H28N4O4S. The Bertz CT molecular complexity index is 1190. The van der Waals surface area contributed by atoms with Crippen LogP contribution in [0.2, 0.25) is 0 Å². The van der Waals surface area contributed by atoms with Crippen LogP contribution in [0.15, 0.2) is 42.5 Å². The third-order valence-electron chi connectivity index (χ3n) is 5.55. The van der Waals surface area contributed by atoms with Crippen LogP contribution in [0.4, 0.5) is 10.8 Å². The average molecular weight is 481 g/mol. The highest BCUT2D eigenvalue weighted by atomic mass is 32.1. The zero-order valence-electron chi connectivity index (χ0n) is 19.6. The Morgan fingerprint density at radius 2 is 1.76 bits per heavy atom. The number of ether oxygens (including phenoxy) is 1. The topological polar surface area (TPSA) is 83.1 Å². The van der Waals surface area contributed by atoms with Gasteiger partial charge in [0.15, 0.2) is 5.13 Å². The van der Waals surface area contributed by atoms with Gasteiger partial charge in [-0.05, 0) is 76.4 Å². The molecule has 3 aromatic rings. The molecule has 2 aromatic carbocycles. The molecular weight excluding hydrogens is 452 g/mol. The lowest BCUT2D eigenvalue weighted by atomic mass is 10.1. The van der Waals surface area contributed by atoms with Gasteiger partial charge in [0.1, 0.15) is 5.75 Å². The van der Waals surface area contributed by atoms with E-state index in [-0.39, 0.29) is 30.6 Å². The Morgan fingerprint density at radius 3 is 2.41 bits per heavy atom. The van der Waals surface area contributed by atoms with Crippen LogP contribution >= 0.6 is 11.3 Å². The first-order valence-electron chi connectivity index (χ1n) is 11.3. The Labute approximate surface area is 202 Å². The smallest absolute Gasteiger partial charge is 0.260 e. The molecule has 4 rings (SSSR count).